The summed E-state index contributed by atoms with van der Waals surface area (Å²) in [4.78, 5) is 2.63. The number of piperazine rings is 1. The van der Waals surface area contributed by atoms with Gasteiger partial charge in [-0.25, -0.2) is 0 Å². The second-order valence-electron chi connectivity index (χ2n) is 5.33. The second-order valence-corrected chi connectivity index (χ2v) is 5.76. The molecule has 0 radical (unpaired) electrons. The van der Waals surface area contributed by atoms with E-state index in [4.69, 9.17) is 11.6 Å². The minimum absolute atomic E-state index is 0. The summed E-state index contributed by atoms with van der Waals surface area (Å²) in [6, 6.07) is 7.67. The Bertz CT molecular complexity index is 422. The van der Waals surface area contributed by atoms with Crippen molar-refractivity contribution in [3.8, 4) is 0 Å². The highest BCUT2D eigenvalue weighted by Crippen LogP contribution is 2.28. The minimum Gasteiger partial charge on any atom is -0.312 e. The average molecular weight is 287 g/mol. The van der Waals surface area contributed by atoms with Gasteiger partial charge in [0.2, 0.25) is 0 Å². The van der Waals surface area contributed by atoms with Crippen LogP contribution in [0.2, 0.25) is 5.02 Å². The molecule has 1 N–H and O–H groups in total. The van der Waals surface area contributed by atoms with Gasteiger partial charge in [0.25, 0.3) is 0 Å². The highest BCUT2D eigenvalue weighted by Gasteiger charge is 2.29. The van der Waals surface area contributed by atoms with Crippen molar-refractivity contribution < 1.29 is 0 Å². The molecule has 2 atom stereocenters. The number of hydrogen-bond acceptors (Lipinski definition) is 2. The fraction of sp³-hybridized carbons (Fsp3) is 0.571. The first kappa shape index (κ1) is 14.1. The van der Waals surface area contributed by atoms with Crippen molar-refractivity contribution in [2.45, 2.75) is 31.8 Å². The number of benzene rings is 1. The normalized spacial score (nSPS) is 27.7. The number of fused-ring (bicyclic) bond motifs is 1. The summed E-state index contributed by atoms with van der Waals surface area (Å²) in [7, 11) is 0. The van der Waals surface area contributed by atoms with Crippen LogP contribution in [0.1, 0.15) is 18.1 Å². The first-order valence-electron chi connectivity index (χ1n) is 6.47. The highest BCUT2D eigenvalue weighted by molar-refractivity contribution is 6.30. The summed E-state index contributed by atoms with van der Waals surface area (Å²) in [5, 5.41) is 4.38. The minimum atomic E-state index is 0. The maximum Gasteiger partial charge on any atom is 0.0408 e. The lowest BCUT2D eigenvalue weighted by atomic mass is 10.1. The Morgan fingerprint density at radius 1 is 1.28 bits per heavy atom. The molecule has 0 aromatic heterocycles. The molecule has 0 spiro atoms. The predicted octanol–water partition coefficient (Wildman–Crippen LogP) is 2.52. The molecule has 0 amide bonds. The standard InChI is InChI=1S/C14H19ClN2.ClH/c1-10-9-17(5-4-16-10)14-7-11-2-3-13(15)6-12(11)8-14;/h2-3,6,10,14,16H,4-5,7-9H2,1H3;1H. The number of rotatable bonds is 1. The smallest absolute Gasteiger partial charge is 0.0408 e. The van der Waals surface area contributed by atoms with Crippen LogP contribution < -0.4 is 5.32 Å². The van der Waals surface area contributed by atoms with Gasteiger partial charge in [0.05, 0.1) is 0 Å². The van der Waals surface area contributed by atoms with Crippen molar-refractivity contribution in [1.29, 1.82) is 0 Å². The van der Waals surface area contributed by atoms with Crippen LogP contribution in [0, 0.1) is 0 Å². The van der Waals surface area contributed by atoms with E-state index in [1.165, 1.54) is 37.1 Å². The molecule has 1 aliphatic heterocycles. The molecular formula is C14H20Cl2N2. The lowest BCUT2D eigenvalue weighted by Crippen LogP contribution is -2.53. The second kappa shape index (κ2) is 5.79. The molecule has 1 fully saturated rings. The zero-order valence-corrected chi connectivity index (χ0v) is 12.2. The van der Waals surface area contributed by atoms with Crippen molar-refractivity contribution in [1.82, 2.24) is 10.2 Å². The highest BCUT2D eigenvalue weighted by atomic mass is 35.5. The molecule has 0 bridgehead atoms. The van der Waals surface area contributed by atoms with Gasteiger partial charge >= 0.3 is 0 Å². The lowest BCUT2D eigenvalue weighted by Gasteiger charge is -2.36. The SMILES string of the molecule is CC1CN(C2Cc3ccc(Cl)cc3C2)CCN1.Cl. The number of nitrogens with one attached hydrogen (secondary N) is 1. The van der Waals surface area contributed by atoms with Crippen LogP contribution in [0.3, 0.4) is 0 Å². The van der Waals surface area contributed by atoms with E-state index in [9.17, 15) is 0 Å². The van der Waals surface area contributed by atoms with Crippen molar-refractivity contribution >= 4 is 24.0 Å². The van der Waals surface area contributed by atoms with Gasteiger partial charge in [0.1, 0.15) is 0 Å². The van der Waals surface area contributed by atoms with Gasteiger partial charge in [-0.2, -0.15) is 0 Å². The fourth-order valence-electron chi connectivity index (χ4n) is 3.12. The largest absolute Gasteiger partial charge is 0.312 e. The monoisotopic (exact) mass is 286 g/mol. The van der Waals surface area contributed by atoms with Crippen LogP contribution in [0.15, 0.2) is 18.2 Å². The molecule has 1 aromatic rings. The van der Waals surface area contributed by atoms with E-state index in [0.29, 0.717) is 12.1 Å². The molecule has 100 valence electrons. The van der Waals surface area contributed by atoms with E-state index in [-0.39, 0.29) is 12.4 Å². The Hall–Kier alpha value is -0.280. The Kier molecular flexibility index (Phi) is 4.54. The Balaban J connectivity index is 0.00000120. The van der Waals surface area contributed by atoms with Crippen LogP contribution in [0.4, 0.5) is 0 Å². The lowest BCUT2D eigenvalue weighted by molar-refractivity contribution is 0.152. The summed E-state index contributed by atoms with van der Waals surface area (Å²) in [5.74, 6) is 0. The average Bonchev–Trinajstić information content (AvgIpc) is 2.72. The zero-order valence-electron chi connectivity index (χ0n) is 10.7. The van der Waals surface area contributed by atoms with Crippen molar-refractivity contribution in [2.24, 2.45) is 0 Å². The van der Waals surface area contributed by atoms with Crippen molar-refractivity contribution in [2.75, 3.05) is 19.6 Å². The van der Waals surface area contributed by atoms with E-state index < -0.39 is 0 Å². The molecule has 2 nitrogen and oxygen atoms in total. The number of nitrogens with zero attached hydrogens (tertiary/aromatic N) is 1. The summed E-state index contributed by atoms with van der Waals surface area (Å²) < 4.78 is 0. The van der Waals surface area contributed by atoms with Gasteiger partial charge in [0, 0.05) is 36.7 Å². The first-order chi connectivity index (χ1) is 8.22. The Labute approximate surface area is 120 Å². The maximum atomic E-state index is 6.06. The third kappa shape index (κ3) is 2.83. The molecule has 3 rings (SSSR count). The van der Waals surface area contributed by atoms with E-state index in [1.807, 2.05) is 6.07 Å². The molecule has 4 heteroatoms. The molecule has 1 heterocycles. The topological polar surface area (TPSA) is 15.3 Å². The van der Waals surface area contributed by atoms with E-state index in [0.717, 1.165) is 11.6 Å². The van der Waals surface area contributed by atoms with Gasteiger partial charge < -0.3 is 5.32 Å². The summed E-state index contributed by atoms with van der Waals surface area (Å²) >= 11 is 6.06. The van der Waals surface area contributed by atoms with Crippen LogP contribution in [-0.2, 0) is 12.8 Å². The van der Waals surface area contributed by atoms with E-state index in [1.54, 1.807) is 0 Å². The molecular weight excluding hydrogens is 267 g/mol. The molecule has 2 aliphatic rings. The van der Waals surface area contributed by atoms with Crippen LogP contribution in [0.5, 0.6) is 0 Å². The van der Waals surface area contributed by atoms with Crippen LogP contribution >= 0.6 is 24.0 Å². The van der Waals surface area contributed by atoms with E-state index >= 15 is 0 Å². The third-order valence-corrected chi connectivity index (χ3v) is 4.23. The molecule has 1 aliphatic carbocycles. The summed E-state index contributed by atoms with van der Waals surface area (Å²) in [6.07, 6.45) is 2.36. The van der Waals surface area contributed by atoms with Gasteiger partial charge in [-0.1, -0.05) is 17.7 Å². The van der Waals surface area contributed by atoms with Crippen LogP contribution in [-0.4, -0.2) is 36.6 Å². The maximum absolute atomic E-state index is 6.06. The van der Waals surface area contributed by atoms with Gasteiger partial charge in [-0.3, -0.25) is 4.90 Å². The summed E-state index contributed by atoms with van der Waals surface area (Å²) in [5.41, 5.74) is 2.94. The summed E-state index contributed by atoms with van der Waals surface area (Å²) in [6.45, 7) is 5.74. The van der Waals surface area contributed by atoms with Gasteiger partial charge in [-0.05, 0) is 43.0 Å². The quantitative estimate of drug-likeness (QED) is 0.854. The molecule has 1 saturated heterocycles. The molecule has 0 saturated carbocycles. The van der Waals surface area contributed by atoms with Crippen molar-refractivity contribution in [3.05, 3.63) is 34.3 Å². The predicted molar refractivity (Wildman–Crippen MR) is 78.9 cm³/mol. The zero-order chi connectivity index (χ0) is 11.8. The first-order valence-corrected chi connectivity index (χ1v) is 6.85. The Morgan fingerprint density at radius 2 is 2.06 bits per heavy atom. The van der Waals surface area contributed by atoms with Crippen LogP contribution in [0.25, 0.3) is 0 Å². The van der Waals surface area contributed by atoms with Gasteiger partial charge in [0.15, 0.2) is 0 Å². The molecule has 18 heavy (non-hydrogen) atoms. The van der Waals surface area contributed by atoms with Gasteiger partial charge in [-0.15, -0.1) is 12.4 Å². The number of halogens is 2. The van der Waals surface area contributed by atoms with Crippen molar-refractivity contribution in [3.63, 3.8) is 0 Å². The van der Waals surface area contributed by atoms with E-state index in [2.05, 4.69) is 29.3 Å². The molecule has 1 aromatic carbocycles. The fourth-order valence-corrected chi connectivity index (χ4v) is 3.31. The Morgan fingerprint density at radius 3 is 2.83 bits per heavy atom. The third-order valence-electron chi connectivity index (χ3n) is 4.00. The number of hydrogen-bond donors (Lipinski definition) is 1. The molecule has 2 unspecified atom stereocenters.